The number of nitrogens with zero attached hydrogens (tertiary/aromatic N) is 1. The minimum absolute atomic E-state index is 0.0128. The van der Waals surface area contributed by atoms with Crippen LogP contribution in [0, 0.1) is 23.7 Å². The predicted octanol–water partition coefficient (Wildman–Crippen LogP) is 1.88. The average molecular weight is 469 g/mol. The van der Waals surface area contributed by atoms with Gasteiger partial charge in [0.15, 0.2) is 11.9 Å². The molecule has 8 atom stereocenters. The van der Waals surface area contributed by atoms with Crippen LogP contribution < -0.4 is 5.43 Å². The van der Waals surface area contributed by atoms with Gasteiger partial charge in [0, 0.05) is 37.8 Å². The maximum atomic E-state index is 12.6. The van der Waals surface area contributed by atoms with Crippen molar-refractivity contribution in [2.24, 2.45) is 23.7 Å². The van der Waals surface area contributed by atoms with Crippen molar-refractivity contribution in [3.8, 4) is 0 Å². The lowest BCUT2D eigenvalue weighted by molar-refractivity contribution is -0.576. The molecule has 5 saturated heterocycles. The number of carbonyl (C=O) groups excluding carboxylic acids is 2. The summed E-state index contributed by atoms with van der Waals surface area (Å²) in [4.78, 5) is 36.7. The minimum atomic E-state index is -0.871. The summed E-state index contributed by atoms with van der Waals surface area (Å²) >= 11 is 0. The summed E-state index contributed by atoms with van der Waals surface area (Å²) in [7, 11) is 0. The Morgan fingerprint density at radius 2 is 1.85 bits per heavy atom. The Bertz CT molecular complexity index is 761. The Balaban J connectivity index is 1.22. The summed E-state index contributed by atoms with van der Waals surface area (Å²) < 4.78 is 23.6. The molecule has 0 aromatic rings. The molecule has 0 unspecified atom stereocenters. The molecule has 186 valence electrons. The van der Waals surface area contributed by atoms with E-state index in [-0.39, 0.29) is 36.5 Å². The molecule has 1 spiro atoms. The molecule has 6 fully saturated rings. The van der Waals surface area contributed by atoms with Crippen LogP contribution >= 0.6 is 0 Å². The molecule has 0 aromatic heterocycles. The van der Waals surface area contributed by atoms with Gasteiger partial charge in [-0.2, -0.15) is 0 Å². The van der Waals surface area contributed by atoms with E-state index in [0.29, 0.717) is 32.2 Å². The van der Waals surface area contributed by atoms with E-state index in [1.165, 1.54) is 0 Å². The number of ether oxygens (including phenoxy) is 4. The quantitative estimate of drug-likeness (QED) is 0.478. The second kappa shape index (κ2) is 9.05. The molecule has 10 heteroatoms. The molecule has 5 aliphatic heterocycles. The molecule has 6 rings (SSSR count). The normalized spacial score (nSPS) is 45.1. The molecule has 10 nitrogen and oxygen atoms in total. The maximum absolute atomic E-state index is 12.6. The first-order valence-electron chi connectivity index (χ1n) is 12.3. The SMILES string of the molecule is C[C@H]1[C@H](OC(=O)CCC(=O)NN2CCOCC2)O[C@@H]2O[C@]3(C)CC[C@H]4[C@H](C)CC[C@H]1[C@@]24OO3. The van der Waals surface area contributed by atoms with E-state index in [1.54, 1.807) is 0 Å². The zero-order chi connectivity index (χ0) is 23.2. The number of hydrazine groups is 1. The zero-order valence-electron chi connectivity index (χ0n) is 19.7. The van der Waals surface area contributed by atoms with Crippen LogP contribution in [0.15, 0.2) is 0 Å². The van der Waals surface area contributed by atoms with E-state index in [2.05, 4.69) is 12.3 Å². The summed E-state index contributed by atoms with van der Waals surface area (Å²) in [6.07, 6.45) is 2.32. The van der Waals surface area contributed by atoms with Gasteiger partial charge in [-0.05, 0) is 38.0 Å². The van der Waals surface area contributed by atoms with Gasteiger partial charge in [0.1, 0.15) is 0 Å². The van der Waals surface area contributed by atoms with Crippen molar-refractivity contribution in [1.29, 1.82) is 0 Å². The van der Waals surface area contributed by atoms with Crippen molar-refractivity contribution in [2.75, 3.05) is 26.3 Å². The molecular formula is C23H36N2O8. The van der Waals surface area contributed by atoms with Gasteiger partial charge in [0.05, 0.1) is 19.6 Å². The fourth-order valence-corrected chi connectivity index (χ4v) is 6.32. The van der Waals surface area contributed by atoms with Crippen LogP contribution in [0.1, 0.15) is 59.3 Å². The lowest BCUT2D eigenvalue weighted by Crippen LogP contribution is -2.70. The van der Waals surface area contributed by atoms with Gasteiger partial charge >= 0.3 is 5.97 Å². The van der Waals surface area contributed by atoms with Gasteiger partial charge in [0.25, 0.3) is 0 Å². The van der Waals surface area contributed by atoms with Crippen LogP contribution in [0.4, 0.5) is 0 Å². The van der Waals surface area contributed by atoms with E-state index in [1.807, 2.05) is 18.9 Å². The Labute approximate surface area is 194 Å². The Morgan fingerprint density at radius 3 is 2.64 bits per heavy atom. The molecule has 2 bridgehead atoms. The molecule has 0 aromatic carbocycles. The van der Waals surface area contributed by atoms with E-state index >= 15 is 0 Å². The van der Waals surface area contributed by atoms with Gasteiger partial charge < -0.3 is 18.9 Å². The molecule has 0 radical (unpaired) electrons. The number of nitrogens with one attached hydrogen (secondary N) is 1. The highest BCUT2D eigenvalue weighted by Crippen LogP contribution is 2.60. The molecule has 5 heterocycles. The van der Waals surface area contributed by atoms with Gasteiger partial charge in [-0.25, -0.2) is 14.8 Å². The monoisotopic (exact) mass is 468 g/mol. The highest BCUT2D eigenvalue weighted by Gasteiger charge is 2.69. The zero-order valence-corrected chi connectivity index (χ0v) is 19.7. The van der Waals surface area contributed by atoms with Crippen molar-refractivity contribution in [2.45, 2.75) is 83.3 Å². The highest BCUT2D eigenvalue weighted by molar-refractivity contribution is 5.80. The number of hydrogen-bond acceptors (Lipinski definition) is 9. The number of esters is 1. The predicted molar refractivity (Wildman–Crippen MR) is 113 cm³/mol. The fraction of sp³-hybridized carbons (Fsp3) is 0.913. The summed E-state index contributed by atoms with van der Waals surface area (Å²) in [5.74, 6) is -0.811. The summed E-state index contributed by atoms with van der Waals surface area (Å²) in [5.41, 5.74) is 2.12. The first kappa shape index (κ1) is 23.4. The molecule has 1 N–H and O–H groups in total. The third-order valence-electron chi connectivity index (χ3n) is 8.19. The number of fused-ring (bicyclic) bond motifs is 2. The lowest BCUT2D eigenvalue weighted by Gasteiger charge is -2.59. The van der Waals surface area contributed by atoms with E-state index in [9.17, 15) is 9.59 Å². The average Bonchev–Trinajstić information content (AvgIpc) is 3.02. The standard InChI is InChI=1S/C23H36N2O8/c1-14-4-5-17-15(2)20(29-19(27)7-6-18(26)24-25-10-12-28-13-11-25)30-21-23(17)16(14)8-9-22(3,31-21)32-33-23/h14-17,20-21H,4-13H2,1-3H3,(H,24,26)/t14-,15-,16+,17-,20-,21-,22+,23-/m1/s1. The number of hydrogen-bond donors (Lipinski definition) is 1. The van der Waals surface area contributed by atoms with E-state index in [4.69, 9.17) is 28.7 Å². The van der Waals surface area contributed by atoms with Gasteiger partial charge in [-0.15, -0.1) is 0 Å². The van der Waals surface area contributed by atoms with Gasteiger partial charge in [-0.1, -0.05) is 13.8 Å². The number of rotatable bonds is 5. The molecule has 1 amide bonds. The molecule has 6 aliphatic rings. The molecular weight excluding hydrogens is 432 g/mol. The molecule has 1 aliphatic carbocycles. The van der Waals surface area contributed by atoms with Crippen molar-refractivity contribution >= 4 is 11.9 Å². The fourth-order valence-electron chi connectivity index (χ4n) is 6.32. The largest absolute Gasteiger partial charge is 0.435 e. The second-order valence-electron chi connectivity index (χ2n) is 10.4. The topological polar surface area (TPSA) is 105 Å². The maximum Gasteiger partial charge on any atom is 0.308 e. The number of carbonyl (C=O) groups is 2. The van der Waals surface area contributed by atoms with Crippen molar-refractivity contribution < 1.29 is 38.3 Å². The van der Waals surface area contributed by atoms with E-state index < -0.39 is 29.9 Å². The van der Waals surface area contributed by atoms with Crippen molar-refractivity contribution in [3.05, 3.63) is 0 Å². The highest BCUT2D eigenvalue weighted by atomic mass is 17.3. The summed E-state index contributed by atoms with van der Waals surface area (Å²) in [6.45, 7) is 8.60. The summed E-state index contributed by atoms with van der Waals surface area (Å²) in [6, 6.07) is 0. The number of morpholine rings is 1. The van der Waals surface area contributed by atoms with Crippen LogP contribution in [0.5, 0.6) is 0 Å². The van der Waals surface area contributed by atoms with Crippen LogP contribution in [0.2, 0.25) is 0 Å². The minimum Gasteiger partial charge on any atom is -0.435 e. The summed E-state index contributed by atoms with van der Waals surface area (Å²) in [5, 5.41) is 1.81. The lowest BCUT2D eigenvalue weighted by atomic mass is 9.58. The van der Waals surface area contributed by atoms with Crippen LogP contribution in [-0.4, -0.2) is 67.2 Å². The Hall–Kier alpha value is -1.30. The molecule has 1 saturated carbocycles. The third-order valence-corrected chi connectivity index (χ3v) is 8.19. The third kappa shape index (κ3) is 4.30. The first-order valence-corrected chi connectivity index (χ1v) is 12.3. The van der Waals surface area contributed by atoms with E-state index in [0.717, 1.165) is 25.7 Å². The van der Waals surface area contributed by atoms with Gasteiger partial charge in [-0.3, -0.25) is 15.0 Å². The van der Waals surface area contributed by atoms with Crippen LogP contribution in [0.3, 0.4) is 0 Å². The Kier molecular flexibility index (Phi) is 6.43. The van der Waals surface area contributed by atoms with Gasteiger partial charge in [0.2, 0.25) is 18.0 Å². The van der Waals surface area contributed by atoms with Crippen molar-refractivity contribution in [3.63, 3.8) is 0 Å². The van der Waals surface area contributed by atoms with Crippen molar-refractivity contribution in [1.82, 2.24) is 10.4 Å². The van der Waals surface area contributed by atoms with Crippen LogP contribution in [-0.2, 0) is 38.3 Å². The second-order valence-corrected chi connectivity index (χ2v) is 10.4. The number of amides is 1. The van der Waals surface area contributed by atoms with Crippen LogP contribution in [0.25, 0.3) is 0 Å². The smallest absolute Gasteiger partial charge is 0.308 e. The first-order chi connectivity index (χ1) is 15.8. The molecule has 33 heavy (non-hydrogen) atoms. The Morgan fingerprint density at radius 1 is 1.06 bits per heavy atom.